The first-order chi connectivity index (χ1) is 9.18. The third kappa shape index (κ3) is 7.68. The Hall–Kier alpha value is -0.800. The largest absolute Gasteiger partial charge is 0.412 e. The highest BCUT2D eigenvalue weighted by atomic mass is 31.2. The lowest BCUT2D eigenvalue weighted by Crippen LogP contribution is -2.34. The van der Waals surface area contributed by atoms with Crippen molar-refractivity contribution in [1.82, 2.24) is 4.90 Å². The van der Waals surface area contributed by atoms with Gasteiger partial charge in [-0.25, -0.2) is 0 Å². The summed E-state index contributed by atoms with van der Waals surface area (Å²) in [5.74, 6) is -0.984. The number of rotatable bonds is 6. The van der Waals surface area contributed by atoms with Gasteiger partial charge < -0.3 is 4.90 Å². The lowest BCUT2D eigenvalue weighted by Gasteiger charge is -2.26. The van der Waals surface area contributed by atoms with E-state index in [1.54, 1.807) is 0 Å². The number of halogens is 6. The number of carbonyl (C=O) groups is 1. The molecule has 0 saturated carbocycles. The second-order valence-corrected chi connectivity index (χ2v) is 6.60. The van der Waals surface area contributed by atoms with Crippen molar-refractivity contribution in [2.45, 2.75) is 24.9 Å². The molecule has 12 heteroatoms. The van der Waals surface area contributed by atoms with Crippen molar-refractivity contribution in [2.24, 2.45) is 0 Å². The van der Waals surface area contributed by atoms with Crippen LogP contribution in [0.3, 0.4) is 0 Å². The van der Waals surface area contributed by atoms with Crippen LogP contribution in [0.5, 0.6) is 0 Å². The monoisotopic (exact) mass is 345 g/mol. The lowest BCUT2D eigenvalue weighted by atomic mass is 10.4. The zero-order chi connectivity index (χ0) is 17.1. The van der Waals surface area contributed by atoms with E-state index in [1.165, 1.54) is 14.1 Å². The minimum Gasteiger partial charge on any atom is -0.348 e. The second kappa shape index (κ2) is 6.97. The van der Waals surface area contributed by atoms with E-state index in [0.717, 1.165) is 11.8 Å². The van der Waals surface area contributed by atoms with Gasteiger partial charge in [0.15, 0.2) is 13.2 Å². The summed E-state index contributed by atoms with van der Waals surface area (Å²) < 4.78 is 92.4. The zero-order valence-corrected chi connectivity index (χ0v) is 12.2. The minimum atomic E-state index is -4.94. The quantitative estimate of drug-likeness (QED) is 0.549. The number of carbonyl (C=O) groups excluding carboxylic acids is 1. The molecule has 0 spiro atoms. The van der Waals surface area contributed by atoms with Gasteiger partial charge in [-0.3, -0.25) is 18.4 Å². The van der Waals surface area contributed by atoms with Crippen LogP contribution in [-0.2, 0) is 18.4 Å². The van der Waals surface area contributed by atoms with Crippen molar-refractivity contribution in [1.29, 1.82) is 0 Å². The highest BCUT2D eigenvalue weighted by Gasteiger charge is 2.44. The molecule has 0 N–H and O–H groups in total. The molecule has 0 aromatic rings. The van der Waals surface area contributed by atoms with Crippen LogP contribution in [0.25, 0.3) is 0 Å². The van der Waals surface area contributed by atoms with Crippen LogP contribution in [-0.4, -0.2) is 56.1 Å². The summed E-state index contributed by atoms with van der Waals surface area (Å²) in [4.78, 5) is 12.4. The van der Waals surface area contributed by atoms with E-state index >= 15 is 0 Å². The molecule has 0 rings (SSSR count). The molecule has 0 fully saturated rings. The SMILES string of the molecule is CC(C(=O)N(C)C)P(=O)(OCC(F)(F)F)OCC(F)(F)F. The molecule has 0 bridgehead atoms. The van der Waals surface area contributed by atoms with Gasteiger partial charge in [0.1, 0.15) is 5.66 Å². The van der Waals surface area contributed by atoms with Crippen LogP contribution in [0.1, 0.15) is 6.92 Å². The van der Waals surface area contributed by atoms with Crippen LogP contribution in [0, 0.1) is 0 Å². The predicted octanol–water partition coefficient (Wildman–Crippen LogP) is 2.81. The van der Waals surface area contributed by atoms with Gasteiger partial charge in [0, 0.05) is 14.1 Å². The molecule has 5 nitrogen and oxygen atoms in total. The lowest BCUT2D eigenvalue weighted by molar-refractivity contribution is -0.166. The van der Waals surface area contributed by atoms with Gasteiger partial charge >= 0.3 is 19.9 Å². The average molecular weight is 345 g/mol. The Balaban J connectivity index is 5.16. The van der Waals surface area contributed by atoms with Crippen molar-refractivity contribution in [3.05, 3.63) is 0 Å². The molecule has 0 aromatic heterocycles. The van der Waals surface area contributed by atoms with Crippen LogP contribution < -0.4 is 0 Å². The number of amides is 1. The molecule has 0 aliphatic heterocycles. The van der Waals surface area contributed by atoms with E-state index in [1.807, 2.05) is 0 Å². The molecule has 0 heterocycles. The van der Waals surface area contributed by atoms with E-state index in [-0.39, 0.29) is 0 Å². The van der Waals surface area contributed by atoms with E-state index in [9.17, 15) is 35.7 Å². The van der Waals surface area contributed by atoms with Crippen molar-refractivity contribution in [3.8, 4) is 0 Å². The molecule has 21 heavy (non-hydrogen) atoms. The molecular formula is C9H14F6NO4P. The maximum Gasteiger partial charge on any atom is 0.412 e. The first-order valence-electron chi connectivity index (χ1n) is 5.41. The van der Waals surface area contributed by atoms with Gasteiger partial charge in [-0.15, -0.1) is 0 Å². The number of nitrogens with zero attached hydrogens (tertiary/aromatic N) is 1. The first kappa shape index (κ1) is 20.2. The fourth-order valence-electron chi connectivity index (χ4n) is 1.10. The smallest absolute Gasteiger partial charge is 0.348 e. The molecule has 126 valence electrons. The summed E-state index contributed by atoms with van der Waals surface area (Å²) in [6, 6.07) is 0. The Morgan fingerprint density at radius 1 is 1.05 bits per heavy atom. The molecule has 0 aromatic carbocycles. The summed E-state index contributed by atoms with van der Waals surface area (Å²) in [7, 11) is -2.56. The Kier molecular flexibility index (Phi) is 6.71. The Bertz CT molecular complexity index is 386. The summed E-state index contributed by atoms with van der Waals surface area (Å²) >= 11 is 0. The number of hydrogen-bond acceptors (Lipinski definition) is 4. The van der Waals surface area contributed by atoms with Crippen molar-refractivity contribution < 1.29 is 44.7 Å². The zero-order valence-electron chi connectivity index (χ0n) is 11.3. The second-order valence-electron chi connectivity index (χ2n) is 4.23. The molecular weight excluding hydrogens is 331 g/mol. The average Bonchev–Trinajstić information content (AvgIpc) is 2.30. The highest BCUT2D eigenvalue weighted by molar-refractivity contribution is 7.55. The molecule has 1 amide bonds. The van der Waals surface area contributed by atoms with Gasteiger partial charge in [0.25, 0.3) is 0 Å². The fraction of sp³-hybridized carbons (Fsp3) is 0.889. The van der Waals surface area contributed by atoms with Crippen molar-refractivity contribution in [3.63, 3.8) is 0 Å². The summed E-state index contributed by atoms with van der Waals surface area (Å²) in [6.07, 6.45) is -9.86. The van der Waals surface area contributed by atoms with Crippen molar-refractivity contribution >= 4 is 13.5 Å². The molecule has 0 aliphatic carbocycles. The van der Waals surface area contributed by atoms with Crippen LogP contribution in [0.2, 0.25) is 0 Å². The standard InChI is InChI=1S/C9H14F6NO4P/c1-6(7(17)16(2)3)21(18,19-4-8(10,11)12)20-5-9(13,14)15/h6H,4-5H2,1-3H3. The third-order valence-electron chi connectivity index (χ3n) is 2.09. The Morgan fingerprint density at radius 2 is 1.38 bits per heavy atom. The molecule has 0 aliphatic rings. The van der Waals surface area contributed by atoms with Gasteiger partial charge in [-0.1, -0.05) is 0 Å². The van der Waals surface area contributed by atoms with E-state index in [4.69, 9.17) is 0 Å². The maximum absolute atomic E-state index is 12.1. The molecule has 0 radical (unpaired) electrons. The molecule has 1 unspecified atom stereocenters. The fourth-order valence-corrected chi connectivity index (χ4v) is 2.77. The molecule has 0 saturated heterocycles. The normalized spacial score (nSPS) is 14.9. The Labute approximate surface area is 116 Å². The number of alkyl halides is 6. The van der Waals surface area contributed by atoms with Crippen molar-refractivity contribution in [2.75, 3.05) is 27.3 Å². The highest BCUT2D eigenvalue weighted by Crippen LogP contribution is 2.55. The van der Waals surface area contributed by atoms with E-state index in [0.29, 0.717) is 0 Å². The minimum absolute atomic E-state index is 0.852. The summed E-state index contributed by atoms with van der Waals surface area (Å²) in [5.41, 5.74) is -1.81. The van der Waals surface area contributed by atoms with Crippen LogP contribution in [0.4, 0.5) is 26.3 Å². The van der Waals surface area contributed by atoms with Gasteiger partial charge in [-0.2, -0.15) is 26.3 Å². The van der Waals surface area contributed by atoms with Gasteiger partial charge in [-0.05, 0) is 6.92 Å². The third-order valence-corrected chi connectivity index (χ3v) is 4.24. The van der Waals surface area contributed by atoms with E-state index < -0.39 is 44.7 Å². The predicted molar refractivity (Wildman–Crippen MR) is 59.8 cm³/mol. The van der Waals surface area contributed by atoms with Crippen LogP contribution in [0.15, 0.2) is 0 Å². The van der Waals surface area contributed by atoms with Crippen LogP contribution >= 0.6 is 7.60 Å². The summed E-state index contributed by atoms with van der Waals surface area (Å²) in [6.45, 7) is -3.31. The van der Waals surface area contributed by atoms with Gasteiger partial charge in [0.05, 0.1) is 0 Å². The molecule has 1 atom stereocenters. The first-order valence-corrected chi connectivity index (χ1v) is 7.02. The maximum atomic E-state index is 12.1. The number of hydrogen-bond donors (Lipinski definition) is 0. The van der Waals surface area contributed by atoms with Gasteiger partial charge in [0.2, 0.25) is 5.91 Å². The van der Waals surface area contributed by atoms with E-state index in [2.05, 4.69) is 9.05 Å². The Morgan fingerprint density at radius 3 is 1.62 bits per heavy atom. The summed E-state index contributed by atoms with van der Waals surface area (Å²) in [5, 5.41) is 0. The topological polar surface area (TPSA) is 55.8 Å².